The van der Waals surface area contributed by atoms with Gasteiger partial charge in [0.2, 0.25) is 11.0 Å². The number of nitrogens with one attached hydrogen (secondary N) is 1. The smallest absolute Gasteiger partial charge is 0.230 e. The number of primary amides is 1. The zero-order valence-corrected chi connectivity index (χ0v) is 12.2. The van der Waals surface area contributed by atoms with E-state index in [-0.39, 0.29) is 11.2 Å². The van der Waals surface area contributed by atoms with Crippen molar-refractivity contribution in [2.24, 2.45) is 5.73 Å². The van der Waals surface area contributed by atoms with Gasteiger partial charge >= 0.3 is 0 Å². The minimum atomic E-state index is -0.353. The van der Waals surface area contributed by atoms with Crippen LogP contribution in [0.15, 0.2) is 28.6 Å². The molecule has 0 aliphatic rings. The normalized spacial score (nSPS) is 12.1. The maximum atomic E-state index is 11.0. The lowest BCUT2D eigenvalue weighted by molar-refractivity contribution is -0.117. The molecule has 2 rings (SSSR count). The number of carbonyl (C=O) groups is 1. The molecule has 1 heterocycles. The molecule has 0 bridgehead atoms. The summed E-state index contributed by atoms with van der Waals surface area (Å²) in [4.78, 5) is 11.0. The lowest BCUT2D eigenvalue weighted by Gasteiger charge is -2.02. The highest BCUT2D eigenvalue weighted by molar-refractivity contribution is 8.02. The van der Waals surface area contributed by atoms with Gasteiger partial charge in [-0.15, -0.1) is 10.2 Å². The standard InChI is InChI=1S/C12H14N4OS2/c1-7-4-3-5-9(6-7)14-11-15-16-12(19-11)18-8(2)10(13)17/h3-6,8H,1-2H3,(H2,13,17)(H,14,15)/t8-/m0/s1. The van der Waals surface area contributed by atoms with E-state index >= 15 is 0 Å². The molecule has 1 aromatic carbocycles. The fraction of sp³-hybridized carbons (Fsp3) is 0.250. The number of aryl methyl sites for hydroxylation is 1. The molecule has 0 radical (unpaired) electrons. The second-order valence-corrected chi connectivity index (χ2v) is 6.60. The molecular formula is C12H14N4OS2. The van der Waals surface area contributed by atoms with Crippen molar-refractivity contribution in [2.75, 3.05) is 5.32 Å². The highest BCUT2D eigenvalue weighted by atomic mass is 32.2. The quantitative estimate of drug-likeness (QED) is 0.828. The topological polar surface area (TPSA) is 80.9 Å². The molecule has 0 saturated carbocycles. The Balaban J connectivity index is 2.03. The van der Waals surface area contributed by atoms with Gasteiger partial charge in [-0.2, -0.15) is 0 Å². The maximum absolute atomic E-state index is 11.0. The van der Waals surface area contributed by atoms with Gasteiger partial charge in [0.25, 0.3) is 0 Å². The summed E-state index contributed by atoms with van der Waals surface area (Å²) in [5, 5.41) is 11.6. The first-order valence-corrected chi connectivity index (χ1v) is 7.37. The van der Waals surface area contributed by atoms with Crippen LogP contribution in [0.4, 0.5) is 10.8 Å². The molecule has 0 fully saturated rings. The van der Waals surface area contributed by atoms with Crippen LogP contribution in [-0.2, 0) is 4.79 Å². The fourth-order valence-corrected chi connectivity index (χ4v) is 3.23. The van der Waals surface area contributed by atoms with Crippen molar-refractivity contribution in [3.05, 3.63) is 29.8 Å². The molecule has 0 unspecified atom stereocenters. The number of nitrogens with zero attached hydrogens (tertiary/aromatic N) is 2. The van der Waals surface area contributed by atoms with Crippen LogP contribution in [0.3, 0.4) is 0 Å². The lowest BCUT2D eigenvalue weighted by atomic mass is 10.2. The molecule has 7 heteroatoms. The summed E-state index contributed by atoms with van der Waals surface area (Å²) >= 11 is 2.72. The molecular weight excluding hydrogens is 280 g/mol. The minimum absolute atomic E-state index is 0.306. The van der Waals surface area contributed by atoms with Crippen molar-refractivity contribution >= 4 is 39.8 Å². The number of anilines is 2. The van der Waals surface area contributed by atoms with E-state index in [0.29, 0.717) is 5.13 Å². The highest BCUT2D eigenvalue weighted by Gasteiger charge is 2.14. The van der Waals surface area contributed by atoms with Crippen molar-refractivity contribution in [1.29, 1.82) is 0 Å². The van der Waals surface area contributed by atoms with E-state index in [0.717, 1.165) is 10.0 Å². The zero-order valence-electron chi connectivity index (χ0n) is 10.6. The summed E-state index contributed by atoms with van der Waals surface area (Å²) in [6.45, 7) is 3.78. The highest BCUT2D eigenvalue weighted by Crippen LogP contribution is 2.30. The molecule has 5 nitrogen and oxygen atoms in total. The number of thioether (sulfide) groups is 1. The second-order valence-electron chi connectivity index (χ2n) is 4.03. The third kappa shape index (κ3) is 3.93. The average Bonchev–Trinajstić information content (AvgIpc) is 2.76. The Morgan fingerprint density at radius 2 is 2.26 bits per heavy atom. The number of hydrogen-bond acceptors (Lipinski definition) is 6. The molecule has 2 aromatic rings. The predicted octanol–water partition coefficient (Wildman–Crippen LogP) is 2.56. The van der Waals surface area contributed by atoms with Gasteiger partial charge in [0, 0.05) is 5.69 Å². The van der Waals surface area contributed by atoms with Gasteiger partial charge in [-0.3, -0.25) is 4.79 Å². The summed E-state index contributed by atoms with van der Waals surface area (Å²) in [5.74, 6) is -0.353. The van der Waals surface area contributed by atoms with E-state index in [1.165, 1.54) is 28.7 Å². The number of rotatable bonds is 5. The summed E-state index contributed by atoms with van der Waals surface area (Å²) in [5.41, 5.74) is 7.35. The third-order valence-corrected chi connectivity index (χ3v) is 4.40. The largest absolute Gasteiger partial charge is 0.369 e. The summed E-state index contributed by atoms with van der Waals surface area (Å²) in [6.07, 6.45) is 0. The Morgan fingerprint density at radius 3 is 2.95 bits per heavy atom. The number of carbonyl (C=O) groups excluding carboxylic acids is 1. The van der Waals surface area contributed by atoms with E-state index in [9.17, 15) is 4.79 Å². The predicted molar refractivity (Wildman–Crippen MR) is 78.9 cm³/mol. The molecule has 1 atom stereocenters. The summed E-state index contributed by atoms with van der Waals surface area (Å²) in [6, 6.07) is 8.00. The number of benzene rings is 1. The van der Waals surface area contributed by atoms with Crippen molar-refractivity contribution in [1.82, 2.24) is 10.2 Å². The number of amides is 1. The zero-order chi connectivity index (χ0) is 13.8. The minimum Gasteiger partial charge on any atom is -0.369 e. The van der Waals surface area contributed by atoms with E-state index in [1.54, 1.807) is 6.92 Å². The van der Waals surface area contributed by atoms with Gasteiger partial charge in [0.05, 0.1) is 5.25 Å². The van der Waals surface area contributed by atoms with Crippen LogP contribution in [0.2, 0.25) is 0 Å². The first kappa shape index (κ1) is 13.8. The van der Waals surface area contributed by atoms with Crippen LogP contribution in [0.1, 0.15) is 12.5 Å². The van der Waals surface area contributed by atoms with Crippen LogP contribution in [0, 0.1) is 6.92 Å². The maximum Gasteiger partial charge on any atom is 0.230 e. The van der Waals surface area contributed by atoms with Crippen LogP contribution in [0.25, 0.3) is 0 Å². The lowest BCUT2D eigenvalue weighted by Crippen LogP contribution is -2.22. The Kier molecular flexibility index (Phi) is 4.39. The second kappa shape index (κ2) is 6.03. The van der Waals surface area contributed by atoms with Gasteiger partial charge in [0.15, 0.2) is 4.34 Å². The Morgan fingerprint density at radius 1 is 1.47 bits per heavy atom. The van der Waals surface area contributed by atoms with Crippen molar-refractivity contribution in [2.45, 2.75) is 23.4 Å². The number of aromatic nitrogens is 2. The first-order valence-electron chi connectivity index (χ1n) is 5.68. The number of hydrogen-bond donors (Lipinski definition) is 2. The molecule has 0 aliphatic carbocycles. The summed E-state index contributed by atoms with van der Waals surface area (Å²) in [7, 11) is 0. The number of nitrogens with two attached hydrogens (primary N) is 1. The van der Waals surface area contributed by atoms with Gasteiger partial charge in [-0.25, -0.2) is 0 Å². The van der Waals surface area contributed by atoms with Crippen molar-refractivity contribution < 1.29 is 4.79 Å². The third-order valence-electron chi connectivity index (χ3n) is 2.35. The van der Waals surface area contributed by atoms with Gasteiger partial charge in [0.1, 0.15) is 0 Å². The van der Waals surface area contributed by atoms with Gasteiger partial charge in [-0.05, 0) is 31.5 Å². The molecule has 1 aromatic heterocycles. The fourth-order valence-electron chi connectivity index (χ4n) is 1.36. The van der Waals surface area contributed by atoms with Crippen molar-refractivity contribution in [3.63, 3.8) is 0 Å². The van der Waals surface area contributed by atoms with Crippen molar-refractivity contribution in [3.8, 4) is 0 Å². The van der Waals surface area contributed by atoms with E-state index in [4.69, 9.17) is 5.73 Å². The van der Waals surface area contributed by atoms with Crippen LogP contribution < -0.4 is 11.1 Å². The van der Waals surface area contributed by atoms with Crippen LogP contribution in [-0.4, -0.2) is 21.4 Å². The van der Waals surface area contributed by atoms with Crippen LogP contribution in [0.5, 0.6) is 0 Å². The van der Waals surface area contributed by atoms with E-state index in [1.807, 2.05) is 31.2 Å². The molecule has 1 amide bonds. The van der Waals surface area contributed by atoms with Gasteiger partial charge < -0.3 is 11.1 Å². The first-order chi connectivity index (χ1) is 9.04. The molecule has 19 heavy (non-hydrogen) atoms. The molecule has 0 saturated heterocycles. The molecule has 0 spiro atoms. The van der Waals surface area contributed by atoms with Gasteiger partial charge in [-0.1, -0.05) is 35.2 Å². The molecule has 0 aliphatic heterocycles. The van der Waals surface area contributed by atoms with E-state index in [2.05, 4.69) is 15.5 Å². The Hall–Kier alpha value is -1.60. The van der Waals surface area contributed by atoms with Crippen LogP contribution >= 0.6 is 23.1 Å². The monoisotopic (exact) mass is 294 g/mol. The average molecular weight is 294 g/mol. The SMILES string of the molecule is Cc1cccc(Nc2nnc(S[C@@H](C)C(N)=O)s2)c1. The summed E-state index contributed by atoms with van der Waals surface area (Å²) < 4.78 is 0.724. The molecule has 3 N–H and O–H groups in total. The Labute approximate surface area is 119 Å². The Bertz CT molecular complexity index is 585. The molecule has 100 valence electrons. The van der Waals surface area contributed by atoms with E-state index < -0.39 is 0 Å².